The number of hydrogen-bond acceptors (Lipinski definition) is 0. The lowest BCUT2D eigenvalue weighted by Gasteiger charge is -2.14. The first-order chi connectivity index (χ1) is 10.3. The fraction of sp³-hybridized carbons (Fsp3) is 1.00. The highest BCUT2D eigenvalue weighted by atomic mass is 31.0. The molecule has 22 heavy (non-hydrogen) atoms. The molecule has 0 aromatic rings. The van der Waals surface area contributed by atoms with E-state index in [-0.39, 0.29) is 0 Å². The fourth-order valence-electron chi connectivity index (χ4n) is 2.60. The number of rotatable bonds is 13. The van der Waals surface area contributed by atoms with Crippen LogP contribution in [0.3, 0.4) is 0 Å². The Balaban J connectivity index is 0. The zero-order chi connectivity index (χ0) is 17.3. The van der Waals surface area contributed by atoms with Gasteiger partial charge in [0.25, 0.3) is 0 Å². The van der Waals surface area contributed by atoms with Crippen LogP contribution < -0.4 is 0 Å². The van der Waals surface area contributed by atoms with E-state index in [2.05, 4.69) is 23.1 Å². The van der Waals surface area contributed by atoms with Crippen molar-refractivity contribution in [1.82, 2.24) is 0 Å². The van der Waals surface area contributed by atoms with Gasteiger partial charge >= 0.3 is 7.25 Å². The van der Waals surface area contributed by atoms with Crippen molar-refractivity contribution in [3.63, 3.8) is 0 Å². The Morgan fingerprint density at radius 1 is 0.682 bits per heavy atom. The number of hydrogen-bond donors (Lipinski definition) is 0. The minimum atomic E-state index is -6.00. The standard InChI is InChI=1S/C16H35P.BF4/c1-3-5-7-8-9-10-11-13-16(14-15-17)12-6-4-2;2-1(3,4)5/h16H,3-15,17H2,1-2H3;/q;-1/p+1. The first kappa shape index (κ1) is 24.5. The van der Waals surface area contributed by atoms with E-state index < -0.39 is 7.25 Å². The minimum absolute atomic E-state index is 1.04. The van der Waals surface area contributed by atoms with Crippen LogP contribution in [0.25, 0.3) is 0 Å². The van der Waals surface area contributed by atoms with E-state index in [4.69, 9.17) is 0 Å². The van der Waals surface area contributed by atoms with Crippen LogP contribution in [0.2, 0.25) is 0 Å². The van der Waals surface area contributed by atoms with Crippen LogP contribution in [0, 0.1) is 5.92 Å². The molecule has 6 heteroatoms. The first-order valence-corrected chi connectivity index (χ1v) is 10.0. The summed E-state index contributed by atoms with van der Waals surface area (Å²) in [5.74, 6) is 1.04. The molecule has 0 aliphatic heterocycles. The fourth-order valence-corrected chi connectivity index (χ4v) is 3.18. The van der Waals surface area contributed by atoms with Crippen molar-refractivity contribution < 1.29 is 17.3 Å². The summed E-state index contributed by atoms with van der Waals surface area (Å²) < 4.78 is 39.0. The summed E-state index contributed by atoms with van der Waals surface area (Å²) in [6.45, 7) is 4.61. The average molecular weight is 346 g/mol. The molecule has 136 valence electrons. The second-order valence-corrected chi connectivity index (χ2v) is 6.76. The van der Waals surface area contributed by atoms with Crippen LogP contribution in [0.1, 0.15) is 90.9 Å². The molecule has 0 aromatic heterocycles. The Bertz CT molecular complexity index is 207. The molecule has 0 N–H and O–H groups in total. The first-order valence-electron chi connectivity index (χ1n) is 9.01. The van der Waals surface area contributed by atoms with E-state index in [1.54, 1.807) is 0 Å². The monoisotopic (exact) mass is 346 g/mol. The maximum absolute atomic E-state index is 9.75. The lowest BCUT2D eigenvalue weighted by molar-refractivity contribution is 0.368. The third-order valence-electron chi connectivity index (χ3n) is 3.79. The zero-order valence-electron chi connectivity index (χ0n) is 14.6. The molecule has 0 spiro atoms. The molecule has 0 aliphatic carbocycles. The molecule has 0 nitrogen and oxygen atoms in total. The van der Waals surface area contributed by atoms with Crippen molar-refractivity contribution in [1.29, 1.82) is 0 Å². The van der Waals surface area contributed by atoms with E-state index in [1.807, 2.05) is 0 Å². The molecule has 0 bridgehead atoms. The highest BCUT2D eigenvalue weighted by Gasteiger charge is 2.20. The topological polar surface area (TPSA) is 0 Å². The van der Waals surface area contributed by atoms with Crippen LogP contribution in [0.5, 0.6) is 0 Å². The Morgan fingerprint density at radius 3 is 1.55 bits per heavy atom. The highest BCUT2D eigenvalue weighted by molar-refractivity contribution is 7.16. The van der Waals surface area contributed by atoms with Crippen molar-refractivity contribution in [2.75, 3.05) is 6.16 Å². The predicted molar refractivity (Wildman–Crippen MR) is 96.4 cm³/mol. The predicted octanol–water partition coefficient (Wildman–Crippen LogP) is 7.23. The van der Waals surface area contributed by atoms with Crippen LogP contribution in [-0.2, 0) is 0 Å². The van der Waals surface area contributed by atoms with E-state index in [0.717, 1.165) is 5.92 Å². The quantitative estimate of drug-likeness (QED) is 0.143. The Labute approximate surface area is 137 Å². The lowest BCUT2D eigenvalue weighted by Crippen LogP contribution is -2.02. The van der Waals surface area contributed by atoms with Gasteiger partial charge < -0.3 is 17.3 Å². The second kappa shape index (κ2) is 17.6. The summed E-state index contributed by atoms with van der Waals surface area (Å²) in [6, 6.07) is 0. The summed E-state index contributed by atoms with van der Waals surface area (Å²) in [5, 5.41) is 0. The molecule has 0 aromatic carbocycles. The van der Waals surface area contributed by atoms with Crippen molar-refractivity contribution >= 4 is 16.5 Å². The largest absolute Gasteiger partial charge is 0.673 e. The van der Waals surface area contributed by atoms with Gasteiger partial charge in [0.15, 0.2) is 0 Å². The third kappa shape index (κ3) is 28.4. The molecule has 2 atom stereocenters. The summed E-state index contributed by atoms with van der Waals surface area (Å²) in [6.07, 6.45) is 18.9. The maximum atomic E-state index is 9.75. The molecule has 0 heterocycles. The van der Waals surface area contributed by atoms with Gasteiger partial charge in [-0.25, -0.2) is 0 Å². The average Bonchev–Trinajstić information content (AvgIpc) is 2.41. The summed E-state index contributed by atoms with van der Waals surface area (Å²) in [5.41, 5.74) is 0. The van der Waals surface area contributed by atoms with Crippen LogP contribution in [0.4, 0.5) is 17.3 Å². The van der Waals surface area contributed by atoms with Crippen molar-refractivity contribution in [3.8, 4) is 0 Å². The molecule has 0 radical (unpaired) electrons. The van der Waals surface area contributed by atoms with Crippen LogP contribution >= 0.6 is 9.24 Å². The molecule has 0 fully saturated rings. The SMILES string of the molecule is CCCCCCCCCC(CC[PH3+])CCCC.F[B-](F)(F)F. The van der Waals surface area contributed by atoms with Gasteiger partial charge in [0.2, 0.25) is 0 Å². The van der Waals surface area contributed by atoms with Crippen molar-refractivity contribution in [2.45, 2.75) is 90.9 Å². The molecule has 0 aliphatic rings. The third-order valence-corrected chi connectivity index (χ3v) is 4.20. The van der Waals surface area contributed by atoms with Gasteiger partial charge in [-0.1, -0.05) is 84.5 Å². The highest BCUT2D eigenvalue weighted by Crippen LogP contribution is 2.21. The Morgan fingerprint density at radius 2 is 1.09 bits per heavy atom. The Kier molecular flexibility index (Phi) is 19.5. The van der Waals surface area contributed by atoms with Gasteiger partial charge in [0, 0.05) is 0 Å². The molecular formula is C16H36BF4P. The summed E-state index contributed by atoms with van der Waals surface area (Å²) in [4.78, 5) is 0. The maximum Gasteiger partial charge on any atom is 0.673 e. The molecule has 0 saturated heterocycles. The second-order valence-electron chi connectivity index (χ2n) is 6.06. The number of unbranched alkanes of at least 4 members (excludes halogenated alkanes) is 7. The summed E-state index contributed by atoms with van der Waals surface area (Å²) >= 11 is 0. The molecule has 0 rings (SSSR count). The van der Waals surface area contributed by atoms with Gasteiger partial charge in [-0.15, -0.1) is 0 Å². The van der Waals surface area contributed by atoms with Gasteiger partial charge in [-0.2, -0.15) is 0 Å². The minimum Gasteiger partial charge on any atom is -0.418 e. The lowest BCUT2D eigenvalue weighted by atomic mass is 9.93. The van der Waals surface area contributed by atoms with Crippen molar-refractivity contribution in [2.24, 2.45) is 5.92 Å². The number of halogens is 4. The van der Waals surface area contributed by atoms with E-state index in [1.165, 1.54) is 83.2 Å². The zero-order valence-corrected chi connectivity index (χ0v) is 16.0. The molecule has 2 unspecified atom stereocenters. The van der Waals surface area contributed by atoms with Crippen LogP contribution in [0.15, 0.2) is 0 Å². The summed E-state index contributed by atoms with van der Waals surface area (Å²) in [7, 11) is -3.85. The van der Waals surface area contributed by atoms with Gasteiger partial charge in [-0.05, 0) is 21.6 Å². The van der Waals surface area contributed by atoms with E-state index in [9.17, 15) is 17.3 Å². The molecule has 0 amide bonds. The van der Waals surface area contributed by atoms with Crippen molar-refractivity contribution in [3.05, 3.63) is 0 Å². The van der Waals surface area contributed by atoms with Gasteiger partial charge in [0.1, 0.15) is 0 Å². The molecule has 0 saturated carbocycles. The smallest absolute Gasteiger partial charge is 0.418 e. The van der Waals surface area contributed by atoms with E-state index >= 15 is 0 Å². The van der Waals surface area contributed by atoms with E-state index in [0.29, 0.717) is 0 Å². The van der Waals surface area contributed by atoms with Crippen LogP contribution in [-0.4, -0.2) is 13.4 Å². The van der Waals surface area contributed by atoms with Gasteiger partial charge in [0.05, 0.1) is 6.16 Å². The van der Waals surface area contributed by atoms with Gasteiger partial charge in [-0.3, -0.25) is 0 Å². The Hall–Kier alpha value is 0.215. The normalized spacial score (nSPS) is 12.8. The molecular weight excluding hydrogens is 310 g/mol.